The maximum absolute atomic E-state index is 12.3. The van der Waals surface area contributed by atoms with Gasteiger partial charge in [-0.25, -0.2) is 0 Å². The van der Waals surface area contributed by atoms with Crippen molar-refractivity contribution in [1.82, 2.24) is 0 Å². The third-order valence-corrected chi connectivity index (χ3v) is 9.90. The van der Waals surface area contributed by atoms with Gasteiger partial charge in [0.15, 0.2) is 5.00 Å². The fraction of sp³-hybridized carbons (Fsp3) is 0.553. The number of amides is 1. The Hall–Kier alpha value is -3.59. The summed E-state index contributed by atoms with van der Waals surface area (Å²) in [6.07, 6.45) is 11.8. The summed E-state index contributed by atoms with van der Waals surface area (Å²) in [7, 11) is 0. The van der Waals surface area contributed by atoms with Crippen molar-refractivity contribution in [2.75, 3.05) is 29.0 Å². The molecular formula is C38H57N7OS. The number of anilines is 3. The van der Waals surface area contributed by atoms with Crippen molar-refractivity contribution in [2.24, 2.45) is 32.3 Å². The molecule has 2 unspecified atom stereocenters. The minimum atomic E-state index is -0.147. The van der Waals surface area contributed by atoms with Crippen LogP contribution in [0.15, 0.2) is 62.9 Å². The number of unbranched alkanes of at least 4 members (excludes halogenated alkanes) is 2. The van der Waals surface area contributed by atoms with Crippen molar-refractivity contribution in [2.45, 2.75) is 113 Å². The molecule has 1 amide bonds. The monoisotopic (exact) mass is 659 g/mol. The lowest BCUT2D eigenvalue weighted by Gasteiger charge is -2.33. The molecule has 2 atom stereocenters. The van der Waals surface area contributed by atoms with Crippen LogP contribution in [0.2, 0.25) is 0 Å². The minimum absolute atomic E-state index is 0.147. The van der Waals surface area contributed by atoms with E-state index < -0.39 is 0 Å². The molecule has 3 aromatic rings. The van der Waals surface area contributed by atoms with E-state index in [1.165, 1.54) is 62.3 Å². The standard InChI is InChI=1S/C38H57N7OS/c1-8-13-16-29(11-4)25-45(26-30(12-5)17-14-9-2)33-22-23-34(35(24-33)40-28(7)46)42-44-38-36(39)27(6)37(47-38)43-41-32-20-18-31(15-10-3)19-21-32/h18-24,29-30H,8-17,25-26,39H2,1-7H3,(H,40,46). The Bertz CT molecular complexity index is 1430. The van der Waals surface area contributed by atoms with Gasteiger partial charge in [-0.1, -0.05) is 103 Å². The second kappa shape index (κ2) is 19.9. The van der Waals surface area contributed by atoms with Crippen molar-refractivity contribution in [1.29, 1.82) is 0 Å². The maximum Gasteiger partial charge on any atom is 0.221 e. The van der Waals surface area contributed by atoms with Crippen LogP contribution in [-0.4, -0.2) is 19.0 Å². The summed E-state index contributed by atoms with van der Waals surface area (Å²) >= 11 is 1.35. The number of nitrogens with two attached hydrogens (primary N) is 1. The molecule has 3 N–H and O–H groups in total. The third kappa shape index (κ3) is 11.9. The SMILES string of the molecule is CCCCC(CC)CN(CC(CC)CCCC)c1ccc(N=Nc2sc(N=Nc3ccc(CCC)cc3)c(C)c2N)c(NC(C)=O)c1. The molecule has 8 nitrogen and oxygen atoms in total. The number of rotatable bonds is 20. The van der Waals surface area contributed by atoms with Gasteiger partial charge in [0.25, 0.3) is 0 Å². The van der Waals surface area contributed by atoms with Crippen LogP contribution >= 0.6 is 11.3 Å². The quantitative estimate of drug-likeness (QED) is 0.118. The van der Waals surface area contributed by atoms with Crippen LogP contribution in [0.1, 0.15) is 110 Å². The molecule has 0 saturated heterocycles. The van der Waals surface area contributed by atoms with Crippen LogP contribution in [0.25, 0.3) is 0 Å². The van der Waals surface area contributed by atoms with Gasteiger partial charge in [0.1, 0.15) is 10.7 Å². The minimum Gasteiger partial charge on any atom is -0.396 e. The number of benzene rings is 2. The predicted molar refractivity (Wildman–Crippen MR) is 202 cm³/mol. The highest BCUT2D eigenvalue weighted by molar-refractivity contribution is 7.20. The van der Waals surface area contributed by atoms with Crippen LogP contribution in [0.5, 0.6) is 0 Å². The second-order valence-corrected chi connectivity index (χ2v) is 13.7. The van der Waals surface area contributed by atoms with Gasteiger partial charge in [0.05, 0.1) is 17.1 Å². The molecule has 0 aliphatic carbocycles. The summed E-state index contributed by atoms with van der Waals surface area (Å²) in [6, 6.07) is 14.3. The topological polar surface area (TPSA) is 108 Å². The van der Waals surface area contributed by atoms with Crippen molar-refractivity contribution in [3.63, 3.8) is 0 Å². The van der Waals surface area contributed by atoms with Crippen molar-refractivity contribution in [3.05, 3.63) is 53.6 Å². The Morgan fingerprint density at radius 1 is 0.830 bits per heavy atom. The highest BCUT2D eigenvalue weighted by atomic mass is 32.1. The number of azo groups is 2. The molecule has 0 spiro atoms. The lowest BCUT2D eigenvalue weighted by Crippen LogP contribution is -2.34. The van der Waals surface area contributed by atoms with Crippen LogP contribution in [0.4, 0.5) is 38.4 Å². The van der Waals surface area contributed by atoms with E-state index in [0.717, 1.165) is 55.7 Å². The first-order chi connectivity index (χ1) is 22.7. The van der Waals surface area contributed by atoms with Gasteiger partial charge in [-0.15, -0.1) is 20.5 Å². The van der Waals surface area contributed by atoms with E-state index in [0.29, 0.717) is 38.9 Å². The van der Waals surface area contributed by atoms with Gasteiger partial charge >= 0.3 is 0 Å². The van der Waals surface area contributed by atoms with E-state index in [1.54, 1.807) is 0 Å². The number of thiophene rings is 1. The van der Waals surface area contributed by atoms with Gasteiger partial charge in [-0.05, 0) is 73.9 Å². The average molecular weight is 660 g/mol. The zero-order chi connectivity index (χ0) is 34.2. The lowest BCUT2D eigenvalue weighted by atomic mass is 9.95. The molecule has 2 aromatic carbocycles. The molecular weight excluding hydrogens is 603 g/mol. The fourth-order valence-corrected chi connectivity index (χ4v) is 6.60. The number of nitrogens with zero attached hydrogens (tertiary/aromatic N) is 5. The van der Waals surface area contributed by atoms with Crippen LogP contribution in [0, 0.1) is 18.8 Å². The van der Waals surface area contributed by atoms with Crippen molar-refractivity contribution >= 4 is 55.7 Å². The Morgan fingerprint density at radius 3 is 2.00 bits per heavy atom. The fourth-order valence-electron chi connectivity index (χ4n) is 5.73. The van der Waals surface area contributed by atoms with E-state index in [2.05, 4.69) is 89.6 Å². The summed E-state index contributed by atoms with van der Waals surface area (Å²) in [5, 5.41) is 22.3. The highest BCUT2D eigenvalue weighted by Gasteiger charge is 2.19. The van der Waals surface area contributed by atoms with Gasteiger partial charge in [0.2, 0.25) is 5.91 Å². The summed E-state index contributed by atoms with van der Waals surface area (Å²) in [6.45, 7) is 16.8. The first-order valence-electron chi connectivity index (χ1n) is 17.7. The van der Waals surface area contributed by atoms with Crippen molar-refractivity contribution in [3.8, 4) is 0 Å². The Morgan fingerprint density at radius 2 is 1.45 bits per heavy atom. The first kappa shape index (κ1) is 37.9. The summed E-state index contributed by atoms with van der Waals surface area (Å²) in [5.74, 6) is 1.10. The molecule has 256 valence electrons. The Kier molecular flexibility index (Phi) is 16.1. The van der Waals surface area contributed by atoms with E-state index in [-0.39, 0.29) is 5.91 Å². The maximum atomic E-state index is 12.3. The number of carbonyl (C=O) groups is 1. The van der Waals surface area contributed by atoms with Gasteiger partial charge in [0, 0.05) is 31.3 Å². The summed E-state index contributed by atoms with van der Waals surface area (Å²) in [4.78, 5) is 14.8. The molecule has 0 fully saturated rings. The van der Waals surface area contributed by atoms with E-state index in [4.69, 9.17) is 5.73 Å². The van der Waals surface area contributed by atoms with E-state index >= 15 is 0 Å². The van der Waals surface area contributed by atoms with Gasteiger partial charge in [-0.3, -0.25) is 4.79 Å². The lowest BCUT2D eigenvalue weighted by molar-refractivity contribution is -0.114. The second-order valence-electron chi connectivity index (χ2n) is 12.7. The number of nitrogens with one attached hydrogen (secondary N) is 1. The normalized spacial score (nSPS) is 13.0. The number of hydrogen-bond acceptors (Lipinski definition) is 8. The molecule has 0 radical (unpaired) electrons. The zero-order valence-electron chi connectivity index (χ0n) is 29.8. The predicted octanol–water partition coefficient (Wildman–Crippen LogP) is 12.6. The Labute approximate surface area is 287 Å². The molecule has 0 saturated carbocycles. The first-order valence-corrected chi connectivity index (χ1v) is 18.5. The largest absolute Gasteiger partial charge is 0.396 e. The highest BCUT2D eigenvalue weighted by Crippen LogP contribution is 2.45. The molecule has 3 rings (SSSR count). The smallest absolute Gasteiger partial charge is 0.221 e. The molecule has 1 heterocycles. The average Bonchev–Trinajstić information content (AvgIpc) is 3.34. The number of aryl methyl sites for hydroxylation is 1. The van der Waals surface area contributed by atoms with Crippen molar-refractivity contribution < 1.29 is 4.79 Å². The van der Waals surface area contributed by atoms with Gasteiger partial charge in [-0.2, -0.15) is 0 Å². The number of carbonyl (C=O) groups excluding carboxylic acids is 1. The van der Waals surface area contributed by atoms with Crippen LogP contribution in [0.3, 0.4) is 0 Å². The van der Waals surface area contributed by atoms with E-state index in [1.807, 2.05) is 25.1 Å². The zero-order valence-corrected chi connectivity index (χ0v) is 30.6. The molecule has 0 aliphatic heterocycles. The van der Waals surface area contributed by atoms with Gasteiger partial charge < -0.3 is 16.0 Å². The molecule has 0 aliphatic rings. The third-order valence-electron chi connectivity index (χ3n) is 8.83. The van der Waals surface area contributed by atoms with Crippen LogP contribution < -0.4 is 16.0 Å². The molecule has 9 heteroatoms. The molecule has 1 aromatic heterocycles. The summed E-state index contributed by atoms with van der Waals surface area (Å²) in [5.41, 5.74) is 12.2. The van der Waals surface area contributed by atoms with E-state index in [9.17, 15) is 4.79 Å². The molecule has 0 bridgehead atoms. The summed E-state index contributed by atoms with van der Waals surface area (Å²) < 4.78 is 0. The molecule has 47 heavy (non-hydrogen) atoms. The van der Waals surface area contributed by atoms with Crippen LogP contribution in [-0.2, 0) is 11.2 Å². The Balaban J connectivity index is 1.90. The number of hydrogen-bond donors (Lipinski definition) is 2. The number of nitrogen functional groups attached to an aromatic ring is 1.